The van der Waals surface area contributed by atoms with E-state index in [4.69, 9.17) is 9.40 Å². The van der Waals surface area contributed by atoms with Crippen molar-refractivity contribution in [2.45, 2.75) is 0 Å². The van der Waals surface area contributed by atoms with Gasteiger partial charge in [-0.2, -0.15) is 0 Å². The van der Waals surface area contributed by atoms with Gasteiger partial charge in [0.1, 0.15) is 16.9 Å². The third-order valence-corrected chi connectivity index (χ3v) is 7.38. The van der Waals surface area contributed by atoms with Crippen LogP contribution in [0.25, 0.3) is 49.6 Å². The highest BCUT2D eigenvalue weighted by Gasteiger charge is 2.18. The molecule has 184 valence electrons. The first-order valence-corrected chi connectivity index (χ1v) is 13.1. The number of fused-ring (bicyclic) bond motifs is 6. The molecule has 0 unspecified atom stereocenters. The second kappa shape index (κ2) is 8.61. The van der Waals surface area contributed by atoms with Crippen molar-refractivity contribution in [1.82, 2.24) is 9.55 Å². The zero-order valence-electron chi connectivity index (χ0n) is 21.0. The molecule has 0 fully saturated rings. The van der Waals surface area contributed by atoms with E-state index >= 15 is 0 Å². The molecule has 4 nitrogen and oxygen atoms in total. The Morgan fingerprint density at radius 2 is 1.15 bits per heavy atom. The van der Waals surface area contributed by atoms with Gasteiger partial charge in [0.15, 0.2) is 5.58 Å². The molecule has 0 saturated carbocycles. The van der Waals surface area contributed by atoms with E-state index in [9.17, 15) is 0 Å². The van der Waals surface area contributed by atoms with E-state index < -0.39 is 0 Å². The summed E-state index contributed by atoms with van der Waals surface area (Å²) in [6.07, 6.45) is 0. The minimum Gasteiger partial charge on any atom is -0.454 e. The first kappa shape index (κ1) is 21.7. The lowest BCUT2D eigenvalue weighted by molar-refractivity contribution is 0.668. The molecule has 0 N–H and O–H groups in total. The van der Waals surface area contributed by atoms with Crippen LogP contribution in [0, 0.1) is 0 Å². The summed E-state index contributed by atoms with van der Waals surface area (Å²) in [5.41, 5.74) is 8.03. The third kappa shape index (κ3) is 3.42. The number of hydrogen-bond acceptors (Lipinski definition) is 3. The van der Waals surface area contributed by atoms with Crippen LogP contribution in [0.2, 0.25) is 0 Å². The largest absolute Gasteiger partial charge is 0.454 e. The van der Waals surface area contributed by atoms with Gasteiger partial charge in [0.05, 0.1) is 11.0 Å². The standard InChI is InChI=1S/C35H23N3O/c1-2-11-24(12-3-1)37(34-22-21-33-35(36-34)29-17-6-9-20-32(29)39-33)25-13-10-14-26(23-25)38-30-18-7-4-15-27(30)28-16-5-8-19-31(28)38/h1-23H. The van der Waals surface area contributed by atoms with Crippen molar-refractivity contribution in [1.29, 1.82) is 0 Å². The number of anilines is 3. The maximum Gasteiger partial charge on any atom is 0.154 e. The fourth-order valence-corrected chi connectivity index (χ4v) is 5.67. The minimum atomic E-state index is 0.784. The highest BCUT2D eigenvalue weighted by molar-refractivity contribution is 6.09. The molecule has 3 heterocycles. The van der Waals surface area contributed by atoms with Gasteiger partial charge in [-0.25, -0.2) is 4.98 Å². The van der Waals surface area contributed by atoms with E-state index in [1.807, 2.05) is 36.4 Å². The number of rotatable bonds is 4. The van der Waals surface area contributed by atoms with Gasteiger partial charge in [-0.3, -0.25) is 4.90 Å². The fourth-order valence-electron chi connectivity index (χ4n) is 5.67. The predicted octanol–water partition coefficient (Wildman–Crippen LogP) is 9.55. The van der Waals surface area contributed by atoms with Crippen molar-refractivity contribution in [3.63, 3.8) is 0 Å². The van der Waals surface area contributed by atoms with E-state index in [-0.39, 0.29) is 0 Å². The van der Waals surface area contributed by atoms with Crippen LogP contribution in [0.15, 0.2) is 144 Å². The Morgan fingerprint density at radius 1 is 0.513 bits per heavy atom. The second-order valence-electron chi connectivity index (χ2n) is 9.67. The van der Waals surface area contributed by atoms with Crippen molar-refractivity contribution in [2.75, 3.05) is 4.90 Å². The van der Waals surface area contributed by atoms with Crippen LogP contribution in [0.5, 0.6) is 0 Å². The molecule has 0 aliphatic rings. The summed E-state index contributed by atoms with van der Waals surface area (Å²) >= 11 is 0. The molecule has 0 saturated heterocycles. The van der Waals surface area contributed by atoms with Crippen molar-refractivity contribution in [3.8, 4) is 5.69 Å². The van der Waals surface area contributed by atoms with Gasteiger partial charge in [0.25, 0.3) is 0 Å². The lowest BCUT2D eigenvalue weighted by Crippen LogP contribution is -2.12. The molecule has 0 radical (unpaired) electrons. The highest BCUT2D eigenvalue weighted by atomic mass is 16.3. The number of para-hydroxylation sites is 4. The smallest absolute Gasteiger partial charge is 0.154 e. The molecule has 8 rings (SSSR count). The molecule has 0 spiro atoms. The van der Waals surface area contributed by atoms with Crippen molar-refractivity contribution < 1.29 is 4.42 Å². The summed E-state index contributed by atoms with van der Waals surface area (Å²) in [6, 6.07) is 48.4. The molecule has 0 bridgehead atoms. The quantitative estimate of drug-likeness (QED) is 0.241. The Labute approximate surface area is 225 Å². The third-order valence-electron chi connectivity index (χ3n) is 7.38. The number of aromatic nitrogens is 2. The zero-order chi connectivity index (χ0) is 25.8. The number of pyridine rings is 1. The molecule has 0 aliphatic carbocycles. The van der Waals surface area contributed by atoms with Gasteiger partial charge in [0.2, 0.25) is 0 Å². The Hall–Kier alpha value is -5.35. The van der Waals surface area contributed by atoms with Gasteiger partial charge < -0.3 is 8.98 Å². The average Bonchev–Trinajstić information content (AvgIpc) is 3.54. The molecular weight excluding hydrogens is 478 g/mol. The van der Waals surface area contributed by atoms with Gasteiger partial charge >= 0.3 is 0 Å². The highest BCUT2D eigenvalue weighted by Crippen LogP contribution is 2.38. The predicted molar refractivity (Wildman–Crippen MR) is 161 cm³/mol. The molecule has 0 aliphatic heterocycles. The lowest BCUT2D eigenvalue weighted by Gasteiger charge is -2.25. The van der Waals surface area contributed by atoms with E-state index in [1.165, 1.54) is 21.8 Å². The Bertz CT molecular complexity index is 2090. The normalized spacial score (nSPS) is 11.6. The van der Waals surface area contributed by atoms with Gasteiger partial charge in [-0.1, -0.05) is 72.8 Å². The molecule has 3 aromatic heterocycles. The summed E-state index contributed by atoms with van der Waals surface area (Å²) < 4.78 is 8.41. The van der Waals surface area contributed by atoms with Crippen LogP contribution in [-0.4, -0.2) is 9.55 Å². The van der Waals surface area contributed by atoms with Crippen molar-refractivity contribution in [2.24, 2.45) is 0 Å². The van der Waals surface area contributed by atoms with Gasteiger partial charge in [-0.05, 0) is 66.7 Å². The Kier molecular flexibility index (Phi) is 4.79. The van der Waals surface area contributed by atoms with Crippen molar-refractivity contribution >= 4 is 61.1 Å². The summed E-state index contributed by atoms with van der Waals surface area (Å²) in [5.74, 6) is 0.833. The molecule has 5 aromatic carbocycles. The van der Waals surface area contributed by atoms with Crippen molar-refractivity contribution in [3.05, 3.63) is 140 Å². The van der Waals surface area contributed by atoms with E-state index in [2.05, 4.69) is 113 Å². The molecular formula is C35H23N3O. The van der Waals surface area contributed by atoms with Gasteiger partial charge in [0, 0.05) is 33.2 Å². The van der Waals surface area contributed by atoms with Crippen LogP contribution < -0.4 is 4.90 Å². The van der Waals surface area contributed by atoms with E-state index in [0.717, 1.165) is 44.9 Å². The first-order valence-electron chi connectivity index (χ1n) is 13.1. The Morgan fingerprint density at radius 3 is 1.92 bits per heavy atom. The topological polar surface area (TPSA) is 34.2 Å². The molecule has 39 heavy (non-hydrogen) atoms. The summed E-state index contributed by atoms with van der Waals surface area (Å²) in [4.78, 5) is 7.34. The lowest BCUT2D eigenvalue weighted by atomic mass is 10.2. The van der Waals surface area contributed by atoms with Gasteiger partial charge in [-0.15, -0.1) is 0 Å². The molecule has 0 atom stereocenters. The van der Waals surface area contributed by atoms with E-state index in [0.29, 0.717) is 0 Å². The maximum atomic E-state index is 6.06. The molecule has 0 amide bonds. The minimum absolute atomic E-state index is 0.784. The maximum absolute atomic E-state index is 6.06. The monoisotopic (exact) mass is 501 g/mol. The molecule has 8 aromatic rings. The van der Waals surface area contributed by atoms with Crippen LogP contribution in [0.1, 0.15) is 0 Å². The summed E-state index contributed by atoms with van der Waals surface area (Å²) in [5, 5.41) is 3.51. The zero-order valence-corrected chi connectivity index (χ0v) is 21.0. The number of hydrogen-bond donors (Lipinski definition) is 0. The summed E-state index contributed by atoms with van der Waals surface area (Å²) in [7, 11) is 0. The van der Waals surface area contributed by atoms with E-state index in [1.54, 1.807) is 0 Å². The summed E-state index contributed by atoms with van der Waals surface area (Å²) in [6.45, 7) is 0. The number of furan rings is 1. The second-order valence-corrected chi connectivity index (χ2v) is 9.67. The SMILES string of the molecule is c1ccc(N(c2cccc(-n3c4ccccc4c4ccccc43)c2)c2ccc3oc4ccccc4c3n2)cc1. The van der Waals surface area contributed by atoms with Crippen LogP contribution in [0.3, 0.4) is 0 Å². The van der Waals surface area contributed by atoms with Crippen LogP contribution in [-0.2, 0) is 0 Å². The number of benzene rings is 5. The van der Waals surface area contributed by atoms with Crippen LogP contribution >= 0.6 is 0 Å². The fraction of sp³-hybridized carbons (Fsp3) is 0. The van der Waals surface area contributed by atoms with Crippen LogP contribution in [0.4, 0.5) is 17.2 Å². The number of nitrogens with zero attached hydrogens (tertiary/aromatic N) is 3. The average molecular weight is 502 g/mol. The first-order chi connectivity index (χ1) is 19.3. The Balaban J connectivity index is 1.35. The molecule has 4 heteroatoms.